The molecule has 0 aromatic heterocycles. The molecule has 7 heteroatoms. The summed E-state index contributed by atoms with van der Waals surface area (Å²) in [5.41, 5.74) is -0.394. The first-order valence-corrected chi connectivity index (χ1v) is 9.76. The summed E-state index contributed by atoms with van der Waals surface area (Å²) in [7, 11) is 0. The first-order valence-electron chi connectivity index (χ1n) is 8.54. The van der Waals surface area contributed by atoms with E-state index in [1.165, 1.54) is 17.8 Å². The van der Waals surface area contributed by atoms with Crippen LogP contribution in [0.15, 0.2) is 47.5 Å². The van der Waals surface area contributed by atoms with E-state index in [-0.39, 0.29) is 0 Å². The van der Waals surface area contributed by atoms with Gasteiger partial charge >= 0.3 is 0 Å². The molecular formula is C19H25NO5S. The van der Waals surface area contributed by atoms with E-state index in [4.69, 9.17) is 14.2 Å². The Balaban J connectivity index is 1.76. The minimum Gasteiger partial charge on any atom is -0.463 e. The molecule has 6 nitrogen and oxygen atoms in total. The Hall–Kier alpha value is -1.38. The molecule has 1 aromatic rings. The Morgan fingerprint density at radius 3 is 2.65 bits per heavy atom. The first kappa shape index (κ1) is 19.4. The zero-order chi connectivity index (χ0) is 18.8. The van der Waals surface area contributed by atoms with Gasteiger partial charge in [-0.15, -0.1) is 0 Å². The second kappa shape index (κ2) is 7.70. The molecule has 1 aromatic carbocycles. The van der Waals surface area contributed by atoms with E-state index in [1.807, 2.05) is 36.6 Å². The Morgan fingerprint density at radius 2 is 2.00 bits per heavy atom. The number of rotatable bonds is 4. The summed E-state index contributed by atoms with van der Waals surface area (Å²) in [6.07, 6.45) is 3.41. The van der Waals surface area contributed by atoms with Crippen LogP contribution in [-0.4, -0.2) is 58.0 Å². The quantitative estimate of drug-likeness (QED) is 0.474. The number of ether oxygens (including phenoxy) is 3. The van der Waals surface area contributed by atoms with Crippen molar-refractivity contribution in [1.29, 1.82) is 0 Å². The second-order valence-corrected chi connectivity index (χ2v) is 7.64. The van der Waals surface area contributed by atoms with Crippen molar-refractivity contribution in [1.82, 2.24) is 0 Å². The van der Waals surface area contributed by atoms with Crippen molar-refractivity contribution in [3.63, 3.8) is 0 Å². The lowest BCUT2D eigenvalue weighted by Crippen LogP contribution is -2.55. The van der Waals surface area contributed by atoms with E-state index in [9.17, 15) is 10.2 Å². The summed E-state index contributed by atoms with van der Waals surface area (Å²) in [6, 6.07) is 9.93. The summed E-state index contributed by atoms with van der Waals surface area (Å²) in [4.78, 5) is 4.53. The third kappa shape index (κ3) is 4.13. The number of nitrogens with zero attached hydrogens (tertiary/aromatic N) is 1. The lowest BCUT2D eigenvalue weighted by Gasteiger charge is -2.37. The van der Waals surface area contributed by atoms with E-state index in [2.05, 4.69) is 4.99 Å². The summed E-state index contributed by atoms with van der Waals surface area (Å²) >= 11 is 1.41. The van der Waals surface area contributed by atoms with E-state index in [0.29, 0.717) is 11.8 Å². The number of benzene rings is 1. The topological polar surface area (TPSA) is 80.5 Å². The third-order valence-corrected chi connectivity index (χ3v) is 4.99. The predicted molar refractivity (Wildman–Crippen MR) is 101 cm³/mol. The molecule has 2 aliphatic rings. The molecule has 0 unspecified atom stereocenters. The summed E-state index contributed by atoms with van der Waals surface area (Å²) in [6.45, 7) is 3.62. The van der Waals surface area contributed by atoms with Gasteiger partial charge in [0.25, 0.3) is 0 Å². The van der Waals surface area contributed by atoms with Gasteiger partial charge in [-0.25, -0.2) is 4.99 Å². The molecule has 142 valence electrons. The monoisotopic (exact) mass is 379 g/mol. The van der Waals surface area contributed by atoms with Crippen LogP contribution in [0.4, 0.5) is 0 Å². The molecule has 1 saturated heterocycles. The highest BCUT2D eigenvalue weighted by Gasteiger charge is 2.56. The Bertz CT molecular complexity index is 678. The van der Waals surface area contributed by atoms with E-state index < -0.39 is 36.3 Å². The average molecular weight is 379 g/mol. The zero-order valence-electron chi connectivity index (χ0n) is 15.2. The minimum absolute atomic E-state index is 0.450. The smallest absolute Gasteiger partial charge is 0.246 e. The van der Waals surface area contributed by atoms with Crippen molar-refractivity contribution < 1.29 is 24.4 Å². The van der Waals surface area contributed by atoms with Crippen LogP contribution in [0.3, 0.4) is 0 Å². The van der Waals surface area contributed by atoms with Crippen LogP contribution in [0.1, 0.15) is 19.4 Å². The van der Waals surface area contributed by atoms with Gasteiger partial charge < -0.3 is 24.4 Å². The van der Waals surface area contributed by atoms with Crippen molar-refractivity contribution in [2.75, 3.05) is 12.9 Å². The molecule has 0 spiro atoms. The fraction of sp³-hybridized carbons (Fsp3) is 0.526. The van der Waals surface area contributed by atoms with Gasteiger partial charge in [0.05, 0.1) is 13.2 Å². The molecular weight excluding hydrogens is 354 g/mol. The highest BCUT2D eigenvalue weighted by molar-refractivity contribution is 8.12. The van der Waals surface area contributed by atoms with Gasteiger partial charge in [0, 0.05) is 0 Å². The Morgan fingerprint density at radius 1 is 1.27 bits per heavy atom. The predicted octanol–water partition coefficient (Wildman–Crippen LogP) is 2.10. The third-order valence-electron chi connectivity index (χ3n) is 4.42. The van der Waals surface area contributed by atoms with Gasteiger partial charge in [-0.2, -0.15) is 0 Å². The Labute approximate surface area is 157 Å². The van der Waals surface area contributed by atoms with E-state index >= 15 is 0 Å². The van der Waals surface area contributed by atoms with Crippen molar-refractivity contribution in [2.24, 2.45) is 4.99 Å². The Kier molecular flexibility index (Phi) is 5.74. The summed E-state index contributed by atoms with van der Waals surface area (Å²) in [5.74, 6) is -0.868. The maximum Gasteiger partial charge on any atom is 0.246 e. The van der Waals surface area contributed by atoms with Crippen LogP contribution in [0.5, 0.6) is 0 Å². The fourth-order valence-electron chi connectivity index (χ4n) is 3.14. The molecule has 3 rings (SSSR count). The number of aliphatic hydroxyl groups is 2. The van der Waals surface area contributed by atoms with Crippen LogP contribution in [0.25, 0.3) is 0 Å². The van der Waals surface area contributed by atoms with Gasteiger partial charge in [-0.1, -0.05) is 42.1 Å². The highest BCUT2D eigenvalue weighted by Crippen LogP contribution is 2.40. The van der Waals surface area contributed by atoms with Crippen LogP contribution in [0.2, 0.25) is 0 Å². The highest BCUT2D eigenvalue weighted by atomic mass is 32.2. The largest absolute Gasteiger partial charge is 0.463 e. The van der Waals surface area contributed by atoms with Crippen LogP contribution < -0.4 is 0 Å². The maximum atomic E-state index is 10.6. The van der Waals surface area contributed by atoms with E-state index in [0.717, 1.165) is 5.56 Å². The van der Waals surface area contributed by atoms with Gasteiger partial charge in [0.15, 0.2) is 5.79 Å². The molecule has 2 N–H and O–H groups in total. The van der Waals surface area contributed by atoms with Crippen molar-refractivity contribution in [3.8, 4) is 0 Å². The number of hydrogen-bond acceptors (Lipinski definition) is 7. The molecule has 26 heavy (non-hydrogen) atoms. The van der Waals surface area contributed by atoms with Gasteiger partial charge in [0.1, 0.15) is 23.9 Å². The molecule has 1 heterocycles. The maximum absolute atomic E-state index is 10.6. The normalized spacial score (nSPS) is 33.1. The summed E-state index contributed by atoms with van der Waals surface area (Å²) < 4.78 is 17.8. The molecule has 4 atom stereocenters. The number of hydrogen-bond donors (Lipinski definition) is 2. The average Bonchev–Trinajstić information content (AvgIpc) is 2.98. The van der Waals surface area contributed by atoms with Gasteiger partial charge in [0.2, 0.25) is 5.23 Å². The lowest BCUT2D eigenvalue weighted by atomic mass is 9.85. The number of thioether (sulfide) groups is 1. The molecule has 1 aliphatic heterocycles. The molecule has 0 saturated carbocycles. The van der Waals surface area contributed by atoms with Crippen LogP contribution in [-0.2, 0) is 20.8 Å². The van der Waals surface area contributed by atoms with E-state index in [1.54, 1.807) is 19.9 Å². The molecule has 0 amide bonds. The fourth-order valence-corrected chi connectivity index (χ4v) is 3.54. The van der Waals surface area contributed by atoms with Gasteiger partial charge in [-0.05, 0) is 37.8 Å². The molecule has 1 fully saturated rings. The van der Waals surface area contributed by atoms with Crippen LogP contribution >= 0.6 is 11.8 Å². The SMILES string of the molecule is CSC(=NCc1ccccc1)O[C@H]1C=C[C@](O)(CO)[C@H]2OC(C)(C)O[C@H]12. The van der Waals surface area contributed by atoms with Crippen molar-refractivity contribution in [2.45, 2.75) is 50.1 Å². The minimum atomic E-state index is -1.49. The molecule has 1 aliphatic carbocycles. The molecule has 0 bridgehead atoms. The second-order valence-electron chi connectivity index (χ2n) is 6.88. The summed E-state index contributed by atoms with van der Waals surface area (Å²) in [5, 5.41) is 20.7. The number of fused-ring (bicyclic) bond motifs is 1. The standard InChI is InChI=1S/C19H25NO5S/c1-18(2)24-15-14(9-10-19(22,12-21)16(15)25-18)23-17(26-3)20-11-13-7-5-4-6-8-13/h4-10,14-16,21-22H,11-12H2,1-3H3/t14-,15+,16-,19-/m0/s1. The van der Waals surface area contributed by atoms with Crippen molar-refractivity contribution >= 4 is 17.0 Å². The van der Waals surface area contributed by atoms with Crippen LogP contribution in [0, 0.1) is 0 Å². The van der Waals surface area contributed by atoms with Crippen molar-refractivity contribution in [3.05, 3.63) is 48.0 Å². The number of aliphatic imine (C=N–C) groups is 1. The molecule has 0 radical (unpaired) electrons. The first-order chi connectivity index (χ1) is 12.4. The zero-order valence-corrected chi connectivity index (χ0v) is 16.0. The van der Waals surface area contributed by atoms with Gasteiger partial charge in [-0.3, -0.25) is 0 Å². The number of aliphatic hydroxyl groups excluding tert-OH is 1. The lowest BCUT2D eigenvalue weighted by molar-refractivity contribution is -0.168.